The van der Waals surface area contributed by atoms with Crippen LogP contribution in [-0.2, 0) is 15.6 Å². The van der Waals surface area contributed by atoms with Crippen molar-refractivity contribution in [3.63, 3.8) is 0 Å². The second-order valence-corrected chi connectivity index (χ2v) is 56.0. The summed E-state index contributed by atoms with van der Waals surface area (Å²) in [6.07, 6.45) is 5.86. The zero-order valence-corrected chi connectivity index (χ0v) is 31.9. The van der Waals surface area contributed by atoms with Crippen LogP contribution in [0.3, 0.4) is 0 Å². The van der Waals surface area contributed by atoms with Crippen molar-refractivity contribution in [3.8, 4) is 22.3 Å². The van der Waals surface area contributed by atoms with Crippen molar-refractivity contribution in [3.05, 3.63) is 128 Å². The maximum atomic E-state index is 8.60. The molecule has 4 aromatic rings. The predicted molar refractivity (Wildman–Crippen MR) is 191 cm³/mol. The van der Waals surface area contributed by atoms with Crippen LogP contribution in [0.5, 0.6) is 0 Å². The van der Waals surface area contributed by atoms with Crippen molar-refractivity contribution in [1.29, 1.82) is 0 Å². The summed E-state index contributed by atoms with van der Waals surface area (Å²) in [5, 5.41) is 0. The van der Waals surface area contributed by atoms with Gasteiger partial charge in [0.15, 0.2) is 0 Å². The maximum absolute atomic E-state index is 8.60. The Kier molecular flexibility index (Phi) is 8.04. The Labute approximate surface area is 267 Å². The van der Waals surface area contributed by atoms with Gasteiger partial charge in [-0.2, -0.15) is 0 Å². The summed E-state index contributed by atoms with van der Waals surface area (Å²) < 4.78 is 0.216. The molecule has 0 saturated carbocycles. The molecule has 2 atom stereocenters. The molecule has 0 bridgehead atoms. The van der Waals surface area contributed by atoms with Crippen LogP contribution < -0.4 is 0 Å². The van der Waals surface area contributed by atoms with Gasteiger partial charge < -0.3 is 0 Å². The number of rotatable bonds is 6. The third-order valence-electron chi connectivity index (χ3n) is 10.5. The normalized spacial score (nSPS) is 18.6. The van der Waals surface area contributed by atoms with Crippen LogP contribution in [0.25, 0.3) is 34.4 Å². The summed E-state index contributed by atoms with van der Waals surface area (Å²) in [5.41, 5.74) is 18.5. The molecule has 221 valence electrons. The average molecular weight is 702 g/mol. The number of aryl methyl sites for hydroxylation is 4. The molecule has 4 aromatic carbocycles. The van der Waals surface area contributed by atoms with Crippen LogP contribution in [0.15, 0.2) is 83.9 Å². The zero-order chi connectivity index (χ0) is 30.9. The molecule has 0 saturated heterocycles. The first-order valence-corrected chi connectivity index (χ1v) is 32.0. The molecule has 43 heavy (non-hydrogen) atoms. The summed E-state index contributed by atoms with van der Waals surface area (Å²) in [4.78, 5) is 0. The molecule has 2 aliphatic rings. The van der Waals surface area contributed by atoms with E-state index in [0.717, 1.165) is 6.42 Å². The molecule has 2 aliphatic carbocycles. The number of fused-ring (bicyclic) bond motifs is 2. The fourth-order valence-electron chi connectivity index (χ4n) is 8.01. The summed E-state index contributed by atoms with van der Waals surface area (Å²) in [6, 6.07) is 27.1. The fourth-order valence-corrected chi connectivity index (χ4v) is 40.5. The Hall–Kier alpha value is -1.96. The number of benzene rings is 4. The SMILES string of the molecule is CCC1=Cc2c(-c3ccc(C)cc3)ccc(C)c2[CH]1[Zr]([Cl])([Cl])([CH]1C(C)=Cc2c(-c3ccc(C)cc3)ccc(C)c21)[SiH](C)C. The molecule has 0 radical (unpaired) electrons. The Morgan fingerprint density at radius 3 is 1.49 bits per heavy atom. The molecule has 0 heterocycles. The summed E-state index contributed by atoms with van der Waals surface area (Å²) >= 11 is -4.78. The van der Waals surface area contributed by atoms with Crippen molar-refractivity contribution in [2.75, 3.05) is 0 Å². The molecule has 2 unspecified atom stereocenters. The van der Waals surface area contributed by atoms with E-state index < -0.39 is 21.5 Å². The van der Waals surface area contributed by atoms with E-state index in [0.29, 0.717) is 0 Å². The Morgan fingerprint density at radius 2 is 1.05 bits per heavy atom. The molecular weight excluding hydrogens is 659 g/mol. The summed E-state index contributed by atoms with van der Waals surface area (Å²) in [7, 11) is 17.2. The van der Waals surface area contributed by atoms with E-state index in [2.05, 4.69) is 140 Å². The minimum atomic E-state index is -4.78. The molecule has 0 nitrogen and oxygen atoms in total. The molecular formula is C39H43Cl2SiZr. The van der Waals surface area contributed by atoms with Crippen LogP contribution in [0.2, 0.25) is 13.1 Å². The Bertz CT molecular complexity index is 1810. The average Bonchev–Trinajstić information content (AvgIpc) is 3.55. The van der Waals surface area contributed by atoms with Crippen molar-refractivity contribution < 1.29 is 15.6 Å². The van der Waals surface area contributed by atoms with Gasteiger partial charge in [0.25, 0.3) is 0 Å². The van der Waals surface area contributed by atoms with Gasteiger partial charge in [-0.1, -0.05) is 0 Å². The number of allylic oxidation sites excluding steroid dienone is 2. The van der Waals surface area contributed by atoms with Crippen molar-refractivity contribution >= 4 is 35.1 Å². The van der Waals surface area contributed by atoms with E-state index in [1.54, 1.807) is 0 Å². The first kappa shape index (κ1) is 31.0. The third-order valence-corrected chi connectivity index (χ3v) is 62.4. The first-order chi connectivity index (χ1) is 20.4. The van der Waals surface area contributed by atoms with Gasteiger partial charge in [0.2, 0.25) is 0 Å². The molecule has 0 spiro atoms. The van der Waals surface area contributed by atoms with Crippen molar-refractivity contribution in [2.24, 2.45) is 0 Å². The third kappa shape index (κ3) is 4.78. The Morgan fingerprint density at radius 1 is 0.605 bits per heavy atom. The van der Waals surface area contributed by atoms with Crippen LogP contribution in [0.1, 0.15) is 72.0 Å². The van der Waals surface area contributed by atoms with Crippen LogP contribution in [0, 0.1) is 27.7 Å². The van der Waals surface area contributed by atoms with E-state index in [-0.39, 0.29) is 7.25 Å². The van der Waals surface area contributed by atoms with Crippen molar-refractivity contribution in [2.45, 2.75) is 68.3 Å². The van der Waals surface area contributed by atoms with Gasteiger partial charge in [0.05, 0.1) is 0 Å². The topological polar surface area (TPSA) is 0 Å². The molecule has 6 rings (SSSR count). The molecule has 0 amide bonds. The summed E-state index contributed by atoms with van der Waals surface area (Å²) in [5.74, 6) is -1.61. The Balaban J connectivity index is 1.61. The van der Waals surface area contributed by atoms with Gasteiger partial charge in [-0.25, -0.2) is 0 Å². The molecule has 4 heteroatoms. The molecule has 0 aromatic heterocycles. The van der Waals surface area contributed by atoms with Crippen LogP contribution in [-0.4, -0.2) is 5.92 Å². The van der Waals surface area contributed by atoms with Crippen molar-refractivity contribution in [1.82, 2.24) is 0 Å². The summed E-state index contributed by atoms with van der Waals surface area (Å²) in [6.45, 7) is 18.3. The zero-order valence-electron chi connectivity index (χ0n) is 26.8. The molecule has 0 aliphatic heterocycles. The minimum absolute atomic E-state index is 0.102. The number of hydrogen-bond acceptors (Lipinski definition) is 0. The monoisotopic (exact) mass is 699 g/mol. The second kappa shape index (κ2) is 11.1. The predicted octanol–water partition coefficient (Wildman–Crippen LogP) is 12.2. The van der Waals surface area contributed by atoms with E-state index >= 15 is 0 Å². The second-order valence-electron chi connectivity index (χ2n) is 13.5. The van der Waals surface area contributed by atoms with E-state index in [9.17, 15) is 0 Å². The van der Waals surface area contributed by atoms with Gasteiger partial charge in [-0.3, -0.25) is 0 Å². The van der Waals surface area contributed by atoms with Gasteiger partial charge in [-0.15, -0.1) is 0 Å². The van der Waals surface area contributed by atoms with Gasteiger partial charge >= 0.3 is 270 Å². The van der Waals surface area contributed by atoms with Gasteiger partial charge in [0, 0.05) is 0 Å². The molecule has 0 N–H and O–H groups in total. The molecule has 0 fully saturated rings. The quantitative estimate of drug-likeness (QED) is 0.176. The van der Waals surface area contributed by atoms with Gasteiger partial charge in [0.1, 0.15) is 0 Å². The number of hydrogen-bond donors (Lipinski definition) is 0. The van der Waals surface area contributed by atoms with E-state index in [1.165, 1.54) is 77.9 Å². The number of halogens is 2. The standard InChI is InChI=1S/C19H19.C18H17.C2H7Si.2ClH.Zr/c1-4-15-11-18-14(3)7-10-17(19(18)12-15)16-8-5-13(2)6-9-16;1-12-4-7-15(8-5-12)16-9-6-14(3)17-10-13(2)11-18(16)17;1-3-2;;;/h5-12H,4H2,1-3H3;4-11H,1-3H3;3H,1-2H3;2*1H;/q;;;;;+2/p-2. The van der Waals surface area contributed by atoms with Crippen LogP contribution >= 0.6 is 17.0 Å². The fraction of sp³-hybridized carbons (Fsp3) is 0.282. The van der Waals surface area contributed by atoms with E-state index in [1.807, 2.05) is 0 Å². The van der Waals surface area contributed by atoms with E-state index in [4.69, 9.17) is 17.0 Å². The van der Waals surface area contributed by atoms with Gasteiger partial charge in [-0.05, 0) is 0 Å². The van der Waals surface area contributed by atoms with Crippen LogP contribution in [0.4, 0.5) is 0 Å². The first-order valence-electron chi connectivity index (χ1n) is 15.7.